The molecular formula is C22H36N2. The summed E-state index contributed by atoms with van der Waals surface area (Å²) in [4.78, 5) is 4.26. The van der Waals surface area contributed by atoms with Gasteiger partial charge in [-0.2, -0.15) is 0 Å². The highest BCUT2D eigenvalue weighted by Crippen LogP contribution is 2.62. The summed E-state index contributed by atoms with van der Waals surface area (Å²) in [5.41, 5.74) is 2.77. The molecule has 1 fully saturated rings. The van der Waals surface area contributed by atoms with Gasteiger partial charge in [0.25, 0.3) is 0 Å². The van der Waals surface area contributed by atoms with Crippen molar-refractivity contribution in [1.29, 1.82) is 0 Å². The topological polar surface area (TPSA) is 17.8 Å². The summed E-state index contributed by atoms with van der Waals surface area (Å²) in [6, 6.07) is 0.596. The fourth-order valence-corrected chi connectivity index (χ4v) is 5.89. The van der Waals surface area contributed by atoms with Crippen molar-refractivity contribution >= 4 is 0 Å². The molecule has 2 nitrogen and oxygen atoms in total. The van der Waals surface area contributed by atoms with Crippen LogP contribution in [0.5, 0.6) is 0 Å². The summed E-state index contributed by atoms with van der Waals surface area (Å²) in [5, 5.41) is 0. The lowest BCUT2D eigenvalue weighted by Crippen LogP contribution is -2.50. The summed E-state index contributed by atoms with van der Waals surface area (Å²) in [6.45, 7) is 17.3. The second-order valence-electron chi connectivity index (χ2n) is 10.6. The summed E-state index contributed by atoms with van der Waals surface area (Å²) < 4.78 is 2.32. The zero-order valence-electron chi connectivity index (χ0n) is 16.8. The average molecular weight is 329 g/mol. The minimum absolute atomic E-state index is 0.341. The van der Waals surface area contributed by atoms with Crippen LogP contribution in [0.15, 0.2) is 30.4 Å². The van der Waals surface area contributed by atoms with Crippen molar-refractivity contribution < 1.29 is 0 Å². The van der Waals surface area contributed by atoms with Crippen LogP contribution >= 0.6 is 0 Å². The molecule has 4 atom stereocenters. The monoisotopic (exact) mass is 328 g/mol. The van der Waals surface area contributed by atoms with Crippen LogP contribution in [-0.2, 0) is 0 Å². The second-order valence-corrected chi connectivity index (χ2v) is 10.6. The SMILES string of the molecule is CC(C)(C)C1CC=C2C[C@H](n3ccnc3)CC[C@]2(C)C1C(C)(C)C. The van der Waals surface area contributed by atoms with Gasteiger partial charge in [-0.3, -0.25) is 0 Å². The maximum Gasteiger partial charge on any atom is 0.0948 e. The number of imidazole rings is 1. The zero-order valence-corrected chi connectivity index (χ0v) is 16.8. The molecule has 2 aliphatic rings. The average Bonchev–Trinajstić information content (AvgIpc) is 2.97. The normalized spacial score (nSPS) is 34.6. The maximum atomic E-state index is 4.26. The molecule has 1 aromatic rings. The van der Waals surface area contributed by atoms with Crippen LogP contribution < -0.4 is 0 Å². The van der Waals surface area contributed by atoms with Crippen LogP contribution in [0.3, 0.4) is 0 Å². The predicted molar refractivity (Wildman–Crippen MR) is 102 cm³/mol. The van der Waals surface area contributed by atoms with Gasteiger partial charge in [-0.25, -0.2) is 4.98 Å². The molecule has 1 heterocycles. The van der Waals surface area contributed by atoms with Crippen molar-refractivity contribution in [2.45, 2.75) is 80.2 Å². The van der Waals surface area contributed by atoms with Crippen LogP contribution in [0.25, 0.3) is 0 Å². The Morgan fingerprint density at radius 3 is 2.38 bits per heavy atom. The molecule has 3 rings (SSSR count). The van der Waals surface area contributed by atoms with Crippen molar-refractivity contribution in [3.8, 4) is 0 Å². The van der Waals surface area contributed by atoms with E-state index in [9.17, 15) is 0 Å². The molecule has 134 valence electrons. The number of hydrogen-bond donors (Lipinski definition) is 0. The zero-order chi connectivity index (χ0) is 17.8. The predicted octanol–water partition coefficient (Wildman–Crippen LogP) is 6.27. The van der Waals surface area contributed by atoms with Gasteiger partial charge >= 0.3 is 0 Å². The van der Waals surface area contributed by atoms with Crippen molar-refractivity contribution in [3.05, 3.63) is 30.4 Å². The highest BCUT2D eigenvalue weighted by Gasteiger charge is 2.53. The molecule has 0 radical (unpaired) electrons. The van der Waals surface area contributed by atoms with Gasteiger partial charge in [0.1, 0.15) is 0 Å². The van der Waals surface area contributed by atoms with E-state index in [0.29, 0.717) is 22.3 Å². The van der Waals surface area contributed by atoms with Crippen molar-refractivity contribution in [2.75, 3.05) is 0 Å². The molecule has 1 saturated carbocycles. The van der Waals surface area contributed by atoms with E-state index in [0.717, 1.165) is 11.8 Å². The standard InChI is InChI=1S/C22H36N2/c1-20(2,3)18-9-8-16-14-17(24-13-12-23-15-24)10-11-22(16,7)19(18)21(4,5)6/h8,12-13,15,17-19H,9-11,14H2,1-7H3/t17-,18?,19?,22+/m1/s1. The first-order chi connectivity index (χ1) is 11.0. The molecule has 0 N–H and O–H groups in total. The van der Waals surface area contributed by atoms with Gasteiger partial charge in [0.15, 0.2) is 0 Å². The Hall–Kier alpha value is -1.05. The third-order valence-corrected chi connectivity index (χ3v) is 6.88. The molecule has 0 aliphatic heterocycles. The van der Waals surface area contributed by atoms with Gasteiger partial charge in [0, 0.05) is 18.4 Å². The van der Waals surface area contributed by atoms with Gasteiger partial charge in [-0.1, -0.05) is 60.1 Å². The number of allylic oxidation sites excluding steroid dienone is 2. The molecule has 1 aromatic heterocycles. The highest BCUT2D eigenvalue weighted by molar-refractivity contribution is 5.25. The lowest BCUT2D eigenvalue weighted by molar-refractivity contribution is -0.0336. The summed E-state index contributed by atoms with van der Waals surface area (Å²) in [6.07, 6.45) is 13.7. The van der Waals surface area contributed by atoms with E-state index >= 15 is 0 Å². The number of rotatable bonds is 1. The number of fused-ring (bicyclic) bond motifs is 1. The summed E-state index contributed by atoms with van der Waals surface area (Å²) in [7, 11) is 0. The van der Waals surface area contributed by atoms with E-state index in [1.165, 1.54) is 25.7 Å². The summed E-state index contributed by atoms with van der Waals surface area (Å²) >= 11 is 0. The van der Waals surface area contributed by atoms with Crippen LogP contribution in [0, 0.1) is 28.1 Å². The van der Waals surface area contributed by atoms with Crippen molar-refractivity contribution in [3.63, 3.8) is 0 Å². The Morgan fingerprint density at radius 1 is 1.12 bits per heavy atom. The molecule has 0 bridgehead atoms. The molecule has 2 heteroatoms. The van der Waals surface area contributed by atoms with E-state index in [-0.39, 0.29) is 0 Å². The van der Waals surface area contributed by atoms with Crippen LogP contribution in [0.1, 0.15) is 80.2 Å². The first-order valence-electron chi connectivity index (χ1n) is 9.70. The molecule has 24 heavy (non-hydrogen) atoms. The van der Waals surface area contributed by atoms with Gasteiger partial charge < -0.3 is 4.57 Å². The molecule has 0 amide bonds. The van der Waals surface area contributed by atoms with Gasteiger partial charge in [-0.15, -0.1) is 0 Å². The Morgan fingerprint density at radius 2 is 1.83 bits per heavy atom. The van der Waals surface area contributed by atoms with E-state index in [1.807, 2.05) is 12.5 Å². The Labute approximate surface area is 148 Å². The van der Waals surface area contributed by atoms with Gasteiger partial charge in [-0.05, 0) is 53.8 Å². The van der Waals surface area contributed by atoms with E-state index in [2.05, 4.69) is 70.3 Å². The third-order valence-electron chi connectivity index (χ3n) is 6.88. The molecule has 2 aliphatic carbocycles. The fourth-order valence-electron chi connectivity index (χ4n) is 5.89. The quantitative estimate of drug-likeness (QED) is 0.556. The molecule has 2 unspecified atom stereocenters. The first-order valence-corrected chi connectivity index (χ1v) is 9.70. The fraction of sp³-hybridized carbons (Fsp3) is 0.773. The Kier molecular flexibility index (Phi) is 4.25. The second kappa shape index (κ2) is 5.75. The van der Waals surface area contributed by atoms with Crippen molar-refractivity contribution in [2.24, 2.45) is 28.1 Å². The lowest BCUT2D eigenvalue weighted by Gasteiger charge is -2.58. The highest BCUT2D eigenvalue weighted by atomic mass is 15.1. The Balaban J connectivity index is 1.96. The molecular weight excluding hydrogens is 292 g/mol. The third kappa shape index (κ3) is 2.97. The van der Waals surface area contributed by atoms with E-state index in [1.54, 1.807) is 5.57 Å². The van der Waals surface area contributed by atoms with Crippen LogP contribution in [0.2, 0.25) is 0 Å². The van der Waals surface area contributed by atoms with Gasteiger partial charge in [0.2, 0.25) is 0 Å². The van der Waals surface area contributed by atoms with Crippen molar-refractivity contribution in [1.82, 2.24) is 9.55 Å². The number of nitrogens with zero attached hydrogens (tertiary/aromatic N) is 2. The van der Waals surface area contributed by atoms with Crippen LogP contribution in [-0.4, -0.2) is 9.55 Å². The minimum Gasteiger partial charge on any atom is -0.334 e. The number of hydrogen-bond acceptors (Lipinski definition) is 1. The number of aromatic nitrogens is 2. The Bertz CT molecular complexity index is 597. The van der Waals surface area contributed by atoms with E-state index in [4.69, 9.17) is 0 Å². The summed E-state index contributed by atoms with van der Waals surface area (Å²) in [5.74, 6) is 1.50. The maximum absolute atomic E-state index is 4.26. The molecule has 0 spiro atoms. The first kappa shape index (κ1) is 17.8. The minimum atomic E-state index is 0.341. The smallest absolute Gasteiger partial charge is 0.0948 e. The molecule has 0 saturated heterocycles. The van der Waals surface area contributed by atoms with E-state index < -0.39 is 0 Å². The molecule has 0 aromatic carbocycles. The van der Waals surface area contributed by atoms with Gasteiger partial charge in [0.05, 0.1) is 6.33 Å². The lowest BCUT2D eigenvalue weighted by atomic mass is 9.47. The largest absolute Gasteiger partial charge is 0.334 e. The van der Waals surface area contributed by atoms with Crippen LogP contribution in [0.4, 0.5) is 0 Å².